The van der Waals surface area contributed by atoms with Gasteiger partial charge in [0.25, 0.3) is 0 Å². The number of alkyl halides is 2. The first kappa shape index (κ1) is 23.1. The molecule has 1 N–H and O–H groups in total. The standard InChI is InChI=1S/C18H21BrF2N2O3S2/c1-16(2,3)27(24)23-17(4,15-11-10-13(19)12-22-15)18(20,21)28(25,26)14-8-6-5-7-9-14/h5-12,23H,1-4H3/t17?,27-/m0/s1. The summed E-state index contributed by atoms with van der Waals surface area (Å²) in [6, 6.07) is 9.18. The van der Waals surface area contributed by atoms with Gasteiger partial charge in [0, 0.05) is 10.7 Å². The first-order chi connectivity index (χ1) is 12.7. The van der Waals surface area contributed by atoms with Gasteiger partial charge in [-0.2, -0.15) is 8.78 Å². The Hall–Kier alpha value is -1.23. The highest BCUT2D eigenvalue weighted by atomic mass is 79.9. The lowest BCUT2D eigenvalue weighted by molar-refractivity contribution is 0.00175. The van der Waals surface area contributed by atoms with Crippen LogP contribution in [-0.2, 0) is 26.4 Å². The fourth-order valence-electron chi connectivity index (χ4n) is 2.29. The van der Waals surface area contributed by atoms with E-state index in [1.807, 2.05) is 0 Å². The van der Waals surface area contributed by atoms with Crippen molar-refractivity contribution in [2.45, 2.75) is 48.1 Å². The third-order valence-electron chi connectivity index (χ3n) is 4.07. The van der Waals surface area contributed by atoms with Gasteiger partial charge in [0.1, 0.15) is 5.54 Å². The average Bonchev–Trinajstić information content (AvgIpc) is 2.61. The lowest BCUT2D eigenvalue weighted by Crippen LogP contribution is -2.60. The number of hydrogen-bond donors (Lipinski definition) is 1. The summed E-state index contributed by atoms with van der Waals surface area (Å²) in [5.41, 5.74) is -2.81. The van der Waals surface area contributed by atoms with Crippen LogP contribution in [0.2, 0.25) is 0 Å². The van der Waals surface area contributed by atoms with E-state index >= 15 is 8.78 Å². The summed E-state index contributed by atoms with van der Waals surface area (Å²) < 4.78 is 71.6. The molecule has 0 fully saturated rings. The van der Waals surface area contributed by atoms with Crippen molar-refractivity contribution in [3.63, 3.8) is 0 Å². The zero-order valence-electron chi connectivity index (χ0n) is 15.7. The summed E-state index contributed by atoms with van der Waals surface area (Å²) in [7, 11) is -7.12. The molecular formula is C18H21BrF2N2O3S2. The molecule has 154 valence electrons. The molecule has 0 amide bonds. The number of halogens is 3. The first-order valence-electron chi connectivity index (χ1n) is 8.23. The maximum Gasteiger partial charge on any atom is 0.373 e. The van der Waals surface area contributed by atoms with Crippen LogP contribution in [0, 0.1) is 0 Å². The molecule has 0 spiro atoms. The second-order valence-electron chi connectivity index (χ2n) is 7.30. The molecule has 0 aliphatic carbocycles. The van der Waals surface area contributed by atoms with Gasteiger partial charge >= 0.3 is 5.25 Å². The van der Waals surface area contributed by atoms with Crippen LogP contribution >= 0.6 is 15.9 Å². The monoisotopic (exact) mass is 494 g/mol. The van der Waals surface area contributed by atoms with Crippen molar-refractivity contribution in [3.8, 4) is 0 Å². The van der Waals surface area contributed by atoms with Crippen LogP contribution in [0.5, 0.6) is 0 Å². The molecule has 28 heavy (non-hydrogen) atoms. The number of nitrogens with one attached hydrogen (secondary N) is 1. The number of sulfone groups is 1. The first-order valence-corrected chi connectivity index (χ1v) is 11.7. The molecule has 0 radical (unpaired) electrons. The largest absolute Gasteiger partial charge is 0.373 e. The van der Waals surface area contributed by atoms with Crippen LogP contribution in [0.1, 0.15) is 33.4 Å². The van der Waals surface area contributed by atoms with Crippen molar-refractivity contribution < 1.29 is 21.4 Å². The molecule has 0 saturated carbocycles. The Morgan fingerprint density at radius 1 is 1.04 bits per heavy atom. The number of nitrogens with zero attached hydrogens (tertiary/aromatic N) is 1. The summed E-state index contributed by atoms with van der Waals surface area (Å²) in [4.78, 5) is 3.44. The van der Waals surface area contributed by atoms with E-state index in [2.05, 4.69) is 25.6 Å². The number of aromatic nitrogens is 1. The SMILES string of the molecule is CC(C)(C)[S@](=O)NC(C)(c1ccc(Br)cn1)C(F)(F)S(=O)(=O)c1ccccc1. The van der Waals surface area contributed by atoms with Crippen LogP contribution < -0.4 is 4.72 Å². The highest BCUT2D eigenvalue weighted by Crippen LogP contribution is 2.44. The molecule has 0 aliphatic rings. The summed E-state index contributed by atoms with van der Waals surface area (Å²) in [5.74, 6) is 0. The third-order valence-corrected chi connectivity index (χ3v) is 8.22. The van der Waals surface area contributed by atoms with E-state index in [-0.39, 0.29) is 5.69 Å². The van der Waals surface area contributed by atoms with Crippen molar-refractivity contribution >= 4 is 36.8 Å². The highest BCUT2D eigenvalue weighted by Gasteiger charge is 2.63. The number of hydrogen-bond acceptors (Lipinski definition) is 4. The van der Waals surface area contributed by atoms with Crippen LogP contribution in [0.25, 0.3) is 0 Å². The average molecular weight is 495 g/mol. The molecule has 0 bridgehead atoms. The summed E-state index contributed by atoms with van der Waals surface area (Å²) >= 11 is 3.17. The Morgan fingerprint density at radius 3 is 2.07 bits per heavy atom. The molecule has 2 atom stereocenters. The van der Waals surface area contributed by atoms with Gasteiger partial charge in [-0.25, -0.2) is 17.3 Å². The van der Waals surface area contributed by atoms with E-state index in [0.29, 0.717) is 4.47 Å². The Morgan fingerprint density at radius 2 is 1.61 bits per heavy atom. The van der Waals surface area contributed by atoms with Gasteiger partial charge in [0.15, 0.2) is 0 Å². The number of benzene rings is 1. The minimum Gasteiger partial charge on any atom is -0.258 e. The third kappa shape index (κ3) is 4.19. The smallest absolute Gasteiger partial charge is 0.258 e. The van der Waals surface area contributed by atoms with Gasteiger partial charge in [0.2, 0.25) is 9.84 Å². The fraction of sp³-hybridized carbons (Fsp3) is 0.389. The van der Waals surface area contributed by atoms with Gasteiger partial charge < -0.3 is 0 Å². The Bertz CT molecular complexity index is 963. The highest BCUT2D eigenvalue weighted by molar-refractivity contribution is 9.10. The summed E-state index contributed by atoms with van der Waals surface area (Å²) in [6.45, 7) is 5.77. The molecule has 5 nitrogen and oxygen atoms in total. The molecule has 0 aliphatic heterocycles. The normalized spacial score (nSPS) is 16.4. The quantitative estimate of drug-likeness (QED) is 0.653. The summed E-state index contributed by atoms with van der Waals surface area (Å²) in [6.07, 6.45) is 1.28. The van der Waals surface area contributed by atoms with Crippen molar-refractivity contribution in [3.05, 3.63) is 58.8 Å². The minimum absolute atomic E-state index is 0.252. The fourth-order valence-corrected chi connectivity index (χ4v) is 5.00. The second kappa shape index (κ2) is 7.89. The number of pyridine rings is 1. The molecule has 1 heterocycles. The Labute approximate surface area is 174 Å². The Balaban J connectivity index is 2.69. The zero-order chi connectivity index (χ0) is 21.4. The molecule has 1 unspecified atom stereocenters. The maximum atomic E-state index is 15.6. The zero-order valence-corrected chi connectivity index (χ0v) is 19.0. The van der Waals surface area contributed by atoms with Gasteiger partial charge in [-0.15, -0.1) is 0 Å². The minimum atomic E-state index is -5.13. The van der Waals surface area contributed by atoms with E-state index in [0.717, 1.165) is 19.1 Å². The van der Waals surface area contributed by atoms with E-state index in [1.165, 1.54) is 36.5 Å². The lowest BCUT2D eigenvalue weighted by Gasteiger charge is -2.38. The van der Waals surface area contributed by atoms with Crippen molar-refractivity contribution in [2.24, 2.45) is 0 Å². The van der Waals surface area contributed by atoms with Gasteiger partial charge in [-0.3, -0.25) is 4.98 Å². The van der Waals surface area contributed by atoms with E-state index < -0.39 is 41.3 Å². The van der Waals surface area contributed by atoms with Gasteiger partial charge in [-0.1, -0.05) is 18.2 Å². The predicted octanol–water partition coefficient (Wildman–Crippen LogP) is 4.18. The van der Waals surface area contributed by atoms with Gasteiger partial charge in [-0.05, 0) is 67.9 Å². The predicted molar refractivity (Wildman–Crippen MR) is 109 cm³/mol. The van der Waals surface area contributed by atoms with Crippen LogP contribution in [0.4, 0.5) is 8.78 Å². The van der Waals surface area contributed by atoms with E-state index in [1.54, 1.807) is 20.8 Å². The topological polar surface area (TPSA) is 76.1 Å². The molecule has 1 aromatic heterocycles. The number of rotatable bonds is 6. The Kier molecular flexibility index (Phi) is 6.49. The second-order valence-corrected chi connectivity index (χ2v) is 12.2. The molecule has 1 aromatic carbocycles. The van der Waals surface area contributed by atoms with Gasteiger partial charge in [0.05, 0.1) is 26.3 Å². The van der Waals surface area contributed by atoms with Crippen LogP contribution in [-0.4, -0.2) is 27.6 Å². The lowest BCUT2D eigenvalue weighted by atomic mass is 9.99. The summed E-state index contributed by atoms with van der Waals surface area (Å²) in [5, 5.41) is -4.36. The molecule has 2 rings (SSSR count). The van der Waals surface area contributed by atoms with Crippen molar-refractivity contribution in [2.75, 3.05) is 0 Å². The molecule has 2 aromatic rings. The molecule has 10 heteroatoms. The van der Waals surface area contributed by atoms with Crippen molar-refractivity contribution in [1.29, 1.82) is 0 Å². The van der Waals surface area contributed by atoms with Crippen LogP contribution in [0.3, 0.4) is 0 Å². The van der Waals surface area contributed by atoms with E-state index in [9.17, 15) is 12.6 Å². The molecular weight excluding hydrogens is 474 g/mol. The molecule has 0 saturated heterocycles. The van der Waals surface area contributed by atoms with Crippen LogP contribution in [0.15, 0.2) is 58.0 Å². The van der Waals surface area contributed by atoms with E-state index in [4.69, 9.17) is 0 Å². The maximum absolute atomic E-state index is 15.6. The van der Waals surface area contributed by atoms with Crippen molar-refractivity contribution in [1.82, 2.24) is 9.71 Å².